The van der Waals surface area contributed by atoms with Crippen LogP contribution in [-0.2, 0) is 0 Å². The highest BCUT2D eigenvalue weighted by molar-refractivity contribution is 6.30. The first kappa shape index (κ1) is 16.6. The number of carbonyl (C=O) groups is 1. The number of carbonyl (C=O) groups excluding carboxylic acids is 1. The molecule has 6 nitrogen and oxygen atoms in total. The summed E-state index contributed by atoms with van der Waals surface area (Å²) in [5.41, 5.74) is 2.15. The molecule has 1 N–H and O–H groups in total. The zero-order chi connectivity index (χ0) is 18.1. The number of rotatable bonds is 3. The van der Waals surface area contributed by atoms with Crippen molar-refractivity contribution in [2.45, 2.75) is 19.4 Å². The van der Waals surface area contributed by atoms with E-state index in [2.05, 4.69) is 15.4 Å². The molecule has 1 aromatic carbocycles. The second-order valence-electron chi connectivity index (χ2n) is 6.09. The molecule has 0 spiro atoms. The predicted octanol–water partition coefficient (Wildman–Crippen LogP) is 3.48. The minimum Gasteiger partial charge on any atom is -0.493 e. The Kier molecular flexibility index (Phi) is 4.34. The minimum atomic E-state index is -0.178. The summed E-state index contributed by atoms with van der Waals surface area (Å²) in [6.45, 7) is 2.40. The van der Waals surface area contributed by atoms with Gasteiger partial charge in [0.15, 0.2) is 5.82 Å². The minimum absolute atomic E-state index is 0.150. The second-order valence-corrected chi connectivity index (χ2v) is 6.53. The quantitative estimate of drug-likeness (QED) is 0.768. The lowest BCUT2D eigenvalue weighted by Crippen LogP contribution is -2.32. The molecule has 1 amide bonds. The van der Waals surface area contributed by atoms with Crippen molar-refractivity contribution in [2.75, 3.05) is 6.61 Å². The van der Waals surface area contributed by atoms with Gasteiger partial charge in [-0.15, -0.1) is 0 Å². The molecule has 1 unspecified atom stereocenters. The molecule has 1 atom stereocenters. The molecule has 4 rings (SSSR count). The number of nitrogens with zero attached hydrogens (tertiary/aromatic N) is 3. The van der Waals surface area contributed by atoms with Gasteiger partial charge in [0.1, 0.15) is 5.75 Å². The highest BCUT2D eigenvalue weighted by Gasteiger charge is 2.25. The lowest BCUT2D eigenvalue weighted by molar-refractivity contribution is 0.0924. The predicted molar refractivity (Wildman–Crippen MR) is 97.9 cm³/mol. The molecule has 0 aliphatic carbocycles. The van der Waals surface area contributed by atoms with Crippen molar-refractivity contribution < 1.29 is 9.53 Å². The number of nitrogens with one attached hydrogen (secondary N) is 1. The van der Waals surface area contributed by atoms with Gasteiger partial charge >= 0.3 is 0 Å². The monoisotopic (exact) mass is 368 g/mol. The van der Waals surface area contributed by atoms with E-state index in [4.69, 9.17) is 16.3 Å². The number of hydrogen-bond donors (Lipinski definition) is 1. The Hall–Kier alpha value is -2.86. The highest BCUT2D eigenvalue weighted by atomic mass is 35.5. The number of hydrogen-bond acceptors (Lipinski definition) is 4. The van der Waals surface area contributed by atoms with Crippen molar-refractivity contribution in [1.29, 1.82) is 0 Å². The van der Waals surface area contributed by atoms with Crippen LogP contribution in [0.3, 0.4) is 0 Å². The molecule has 0 fully saturated rings. The Morgan fingerprint density at radius 3 is 3.04 bits per heavy atom. The number of amides is 1. The summed E-state index contributed by atoms with van der Waals surface area (Å²) in [5, 5.41) is 8.00. The largest absolute Gasteiger partial charge is 0.493 e. The number of aromatic nitrogens is 3. The van der Waals surface area contributed by atoms with Gasteiger partial charge < -0.3 is 10.1 Å². The van der Waals surface area contributed by atoms with E-state index < -0.39 is 0 Å². The van der Waals surface area contributed by atoms with Gasteiger partial charge in [0.2, 0.25) is 0 Å². The van der Waals surface area contributed by atoms with E-state index in [1.165, 1.54) is 0 Å². The summed E-state index contributed by atoms with van der Waals surface area (Å²) in [4.78, 5) is 17.1. The van der Waals surface area contributed by atoms with Gasteiger partial charge in [0.05, 0.1) is 30.1 Å². The molecule has 1 aliphatic rings. The topological polar surface area (TPSA) is 69.0 Å². The smallest absolute Gasteiger partial charge is 0.255 e. The maximum absolute atomic E-state index is 12.8. The fraction of sp³-hybridized carbons (Fsp3) is 0.211. The lowest BCUT2D eigenvalue weighted by atomic mass is 10.00. The van der Waals surface area contributed by atoms with Crippen molar-refractivity contribution in [3.05, 3.63) is 70.6 Å². The maximum Gasteiger partial charge on any atom is 0.255 e. The fourth-order valence-electron chi connectivity index (χ4n) is 3.09. The Bertz CT molecular complexity index is 955. The third-order valence-electron chi connectivity index (χ3n) is 4.44. The van der Waals surface area contributed by atoms with Crippen LogP contribution >= 0.6 is 11.6 Å². The van der Waals surface area contributed by atoms with Gasteiger partial charge in [-0.25, -0.2) is 9.67 Å². The molecule has 0 bridgehead atoms. The Morgan fingerprint density at radius 2 is 2.23 bits per heavy atom. The van der Waals surface area contributed by atoms with E-state index in [1.54, 1.807) is 23.1 Å². The number of pyridine rings is 1. The fourth-order valence-corrected chi connectivity index (χ4v) is 3.27. The first-order chi connectivity index (χ1) is 12.6. The Labute approximate surface area is 155 Å². The second kappa shape index (κ2) is 6.80. The van der Waals surface area contributed by atoms with Crippen LogP contribution in [0.1, 0.15) is 34.1 Å². The summed E-state index contributed by atoms with van der Waals surface area (Å²) >= 11 is 6.10. The van der Waals surface area contributed by atoms with E-state index in [-0.39, 0.29) is 11.9 Å². The molecule has 132 valence electrons. The summed E-state index contributed by atoms with van der Waals surface area (Å²) in [7, 11) is 0. The van der Waals surface area contributed by atoms with Gasteiger partial charge in [-0.05, 0) is 37.3 Å². The van der Waals surface area contributed by atoms with E-state index in [0.717, 1.165) is 17.0 Å². The van der Waals surface area contributed by atoms with Gasteiger partial charge in [-0.1, -0.05) is 17.7 Å². The highest BCUT2D eigenvalue weighted by Crippen LogP contribution is 2.34. The first-order valence-corrected chi connectivity index (χ1v) is 8.70. The standard InChI is InChI=1S/C19H17ClN4O2/c1-12-15(11-22-24(12)18-4-2-3-8-21-18)19(25)23-16-7-9-26-17-6-5-13(20)10-14(16)17/h2-6,8,10-11,16H,7,9H2,1H3,(H,23,25). The van der Waals surface area contributed by atoms with Gasteiger partial charge in [0.25, 0.3) is 5.91 Å². The number of halogens is 1. The number of fused-ring (bicyclic) bond motifs is 1. The van der Waals surface area contributed by atoms with Crippen LogP contribution in [0.4, 0.5) is 0 Å². The van der Waals surface area contributed by atoms with Gasteiger partial charge in [0, 0.05) is 23.2 Å². The summed E-state index contributed by atoms with van der Waals surface area (Å²) in [6, 6.07) is 10.9. The number of benzene rings is 1. The summed E-state index contributed by atoms with van der Waals surface area (Å²) < 4.78 is 7.30. The van der Waals surface area contributed by atoms with Crippen LogP contribution in [0.2, 0.25) is 5.02 Å². The van der Waals surface area contributed by atoms with Crippen molar-refractivity contribution in [1.82, 2.24) is 20.1 Å². The molecule has 3 heterocycles. The SMILES string of the molecule is Cc1c(C(=O)NC2CCOc3ccc(Cl)cc32)cnn1-c1ccccn1. The zero-order valence-electron chi connectivity index (χ0n) is 14.1. The molecule has 26 heavy (non-hydrogen) atoms. The third kappa shape index (κ3) is 3.04. The maximum atomic E-state index is 12.8. The van der Waals surface area contributed by atoms with Crippen LogP contribution in [-0.4, -0.2) is 27.3 Å². The third-order valence-corrected chi connectivity index (χ3v) is 4.67. The molecular formula is C19H17ClN4O2. The molecular weight excluding hydrogens is 352 g/mol. The van der Waals surface area contributed by atoms with Crippen LogP contribution in [0, 0.1) is 6.92 Å². The normalized spacial score (nSPS) is 15.8. The van der Waals surface area contributed by atoms with Crippen molar-refractivity contribution in [2.24, 2.45) is 0 Å². The number of ether oxygens (including phenoxy) is 1. The van der Waals surface area contributed by atoms with Crippen LogP contribution in [0.25, 0.3) is 5.82 Å². The van der Waals surface area contributed by atoms with Crippen LogP contribution in [0.5, 0.6) is 5.75 Å². The van der Waals surface area contributed by atoms with E-state index >= 15 is 0 Å². The summed E-state index contributed by atoms with van der Waals surface area (Å²) in [5.74, 6) is 1.25. The molecule has 0 radical (unpaired) electrons. The van der Waals surface area contributed by atoms with Gasteiger partial charge in [-0.3, -0.25) is 4.79 Å². The Balaban J connectivity index is 1.59. The van der Waals surface area contributed by atoms with E-state index in [0.29, 0.717) is 29.4 Å². The average molecular weight is 369 g/mol. The van der Waals surface area contributed by atoms with Crippen molar-refractivity contribution in [3.8, 4) is 11.6 Å². The first-order valence-electron chi connectivity index (χ1n) is 8.32. The van der Waals surface area contributed by atoms with E-state index in [1.807, 2.05) is 37.3 Å². The zero-order valence-corrected chi connectivity index (χ0v) is 14.9. The molecule has 7 heteroatoms. The van der Waals surface area contributed by atoms with Crippen molar-refractivity contribution in [3.63, 3.8) is 0 Å². The van der Waals surface area contributed by atoms with Crippen LogP contribution < -0.4 is 10.1 Å². The molecule has 3 aromatic rings. The molecule has 2 aromatic heterocycles. The lowest BCUT2D eigenvalue weighted by Gasteiger charge is -2.26. The van der Waals surface area contributed by atoms with Crippen molar-refractivity contribution >= 4 is 17.5 Å². The molecule has 1 aliphatic heterocycles. The average Bonchev–Trinajstić information content (AvgIpc) is 3.04. The van der Waals surface area contributed by atoms with E-state index in [9.17, 15) is 4.79 Å². The Morgan fingerprint density at radius 1 is 1.35 bits per heavy atom. The van der Waals surface area contributed by atoms with Gasteiger partial charge in [-0.2, -0.15) is 5.10 Å². The summed E-state index contributed by atoms with van der Waals surface area (Å²) in [6.07, 6.45) is 3.95. The molecule has 0 saturated heterocycles. The van der Waals surface area contributed by atoms with Crippen LogP contribution in [0.15, 0.2) is 48.8 Å². The molecule has 0 saturated carbocycles.